The standard InChI is InChI=1S/C25H27Cl2N5.C17H15Cl2N3.C8H12N2O.C4H6O3.C2H3O.CH4.BO.Na.H2O/c1-3-25-29-10-11-31(25)18(2)16-30-12-13-32(23-9-4-19(15-28)14-22(23)27)24(17-30)20-5-7-21(26)8-6-20;18-14-4-2-13(3-5-14)17-11-21-7-8-22(17)16-6-1-12(10-20)9-15(16)19;1-3-8-9-4-5-10(8)7(2)6-11;1-3(5)7-4(2)6;1-2-3;;1-2;;/h4-11,14,18,24H,3,12-13,16-17H2,1-2H3;1-6,9,17,21H,7-8,11H2;4-7H,3H2,1-2H3;1-2H3;1H3;1H4;;;1H2/q;;;;-1;;;+1;/t18?,24-;17-;;;;;;;/m00......./s1. The van der Waals surface area contributed by atoms with Gasteiger partial charge in [-0.25, -0.2) is 9.97 Å². The van der Waals surface area contributed by atoms with Gasteiger partial charge >= 0.3 is 53.9 Å². The molecule has 0 amide bonds. The Morgan fingerprint density at radius 3 is 1.61 bits per heavy atom. The molecule has 2 saturated heterocycles. The van der Waals surface area contributed by atoms with Crippen molar-refractivity contribution in [1.82, 2.24) is 29.3 Å². The van der Waals surface area contributed by atoms with Gasteiger partial charge in [0.05, 0.1) is 62.8 Å². The number of rotatable bonds is 11. The van der Waals surface area contributed by atoms with Crippen LogP contribution < -0.4 is 44.7 Å². The van der Waals surface area contributed by atoms with Crippen molar-refractivity contribution in [2.45, 2.75) is 92.9 Å². The summed E-state index contributed by atoms with van der Waals surface area (Å²) in [7, 11) is 3.25. The number of aryl methyl sites for hydroxylation is 2. The number of piperazine rings is 2. The molecule has 23 heteroatoms. The number of nitrogens with one attached hydrogen (secondary N) is 1. The van der Waals surface area contributed by atoms with Gasteiger partial charge in [-0.15, -0.1) is 0 Å². The number of hydrogen-bond donors (Lipinski definition) is 1. The van der Waals surface area contributed by atoms with Crippen molar-refractivity contribution in [3.63, 3.8) is 0 Å². The van der Waals surface area contributed by atoms with E-state index in [2.05, 4.69) is 91.3 Å². The van der Waals surface area contributed by atoms with Crippen LogP contribution in [-0.2, 0) is 41.5 Å². The maximum atomic E-state index is 10.4. The Bertz CT molecular complexity index is 2890. The minimum atomic E-state index is -0.562. The first-order chi connectivity index (χ1) is 37.0. The van der Waals surface area contributed by atoms with Crippen molar-refractivity contribution in [2.24, 2.45) is 0 Å². The number of anilines is 2. The number of aromatic nitrogens is 4. The number of carbonyl (C=O) groups is 3. The molecule has 17 nitrogen and oxygen atoms in total. The van der Waals surface area contributed by atoms with Gasteiger partial charge in [-0.2, -0.15) is 17.4 Å². The average molecular weight is 1180 g/mol. The van der Waals surface area contributed by atoms with Gasteiger partial charge < -0.3 is 44.1 Å². The normalized spacial score (nSPS) is 14.8. The summed E-state index contributed by atoms with van der Waals surface area (Å²) in [5, 5.41) is 24.3. The summed E-state index contributed by atoms with van der Waals surface area (Å²) in [6, 6.07) is 31.8. The summed E-state index contributed by atoms with van der Waals surface area (Å²) in [5.41, 5.74) is 5.46. The van der Waals surface area contributed by atoms with E-state index in [1.54, 1.807) is 18.3 Å². The molecule has 4 heterocycles. The summed E-state index contributed by atoms with van der Waals surface area (Å²) in [5.74, 6) is 0.958. The van der Waals surface area contributed by atoms with Gasteiger partial charge in [-0.1, -0.05) is 91.9 Å². The van der Waals surface area contributed by atoms with Gasteiger partial charge in [-0.05, 0) is 85.6 Å². The van der Waals surface area contributed by atoms with Crippen molar-refractivity contribution in [1.29, 1.82) is 10.5 Å². The van der Waals surface area contributed by atoms with Crippen LogP contribution >= 0.6 is 46.4 Å². The first-order valence-corrected chi connectivity index (χ1v) is 26.1. The SMILES string of the molecule is C.CC(=O)OC(C)=O.CCc1nccn1C(C)C=O.CCc1nccn1C(C)CN1CCN(c2ccc(C#N)cc2Cl)[C@H](c2ccc(Cl)cc2)C1.C[C-]=O.N#Cc1ccc(N2CCNC[C@H]2c2ccc(Cl)cc2)c(Cl)c1.O.[B]=O.[Na+]. The fourth-order valence-corrected chi connectivity index (χ4v) is 9.43. The minimum absolute atomic E-state index is 0. The fraction of sp³-hybridized carbons (Fsp3) is 0.368. The van der Waals surface area contributed by atoms with Crippen molar-refractivity contribution >= 4 is 90.0 Å². The molecule has 0 spiro atoms. The van der Waals surface area contributed by atoms with Crippen molar-refractivity contribution in [3.8, 4) is 12.1 Å². The second-order valence-electron chi connectivity index (χ2n) is 17.3. The van der Waals surface area contributed by atoms with Gasteiger partial charge in [0.25, 0.3) is 0 Å². The Kier molecular flexibility index (Phi) is 36.8. The zero-order chi connectivity index (χ0) is 57.0. The van der Waals surface area contributed by atoms with Gasteiger partial charge in [0.1, 0.15) is 17.9 Å². The van der Waals surface area contributed by atoms with E-state index in [9.17, 15) is 19.6 Å². The van der Waals surface area contributed by atoms with Crippen LogP contribution in [0.4, 0.5) is 11.4 Å². The molecule has 2 aliphatic heterocycles. The molecule has 0 saturated carbocycles. The predicted molar refractivity (Wildman–Crippen MR) is 314 cm³/mol. The monoisotopic (exact) mass is 1180 g/mol. The number of esters is 2. The first-order valence-electron chi connectivity index (χ1n) is 24.6. The molecule has 0 aliphatic carbocycles. The molecule has 2 fully saturated rings. The van der Waals surface area contributed by atoms with E-state index in [0.717, 1.165) is 98.0 Å². The number of aldehydes is 1. The Morgan fingerprint density at radius 1 is 0.762 bits per heavy atom. The number of imidazole rings is 2. The van der Waals surface area contributed by atoms with Crippen molar-refractivity contribution in [3.05, 3.63) is 164 Å². The summed E-state index contributed by atoms with van der Waals surface area (Å²) < 4.78 is 15.9. The van der Waals surface area contributed by atoms with Gasteiger partial charge in [-0.3, -0.25) is 20.8 Å². The second-order valence-corrected chi connectivity index (χ2v) is 19.0. The zero-order valence-electron chi connectivity index (χ0n) is 45.7. The molecule has 8 rings (SSSR count). The Morgan fingerprint density at radius 2 is 1.20 bits per heavy atom. The van der Waals surface area contributed by atoms with Crippen LogP contribution in [0.3, 0.4) is 0 Å². The molecule has 4 aromatic carbocycles. The predicted octanol–water partition coefficient (Wildman–Crippen LogP) is 7.50. The van der Waals surface area contributed by atoms with Crippen molar-refractivity contribution in [2.75, 3.05) is 55.6 Å². The molecular weight excluding hydrogens is 1110 g/mol. The van der Waals surface area contributed by atoms with Gasteiger partial charge in [0.15, 0.2) is 0 Å². The summed E-state index contributed by atoms with van der Waals surface area (Å²) >= 11 is 25.1. The van der Waals surface area contributed by atoms with Gasteiger partial charge in [0.2, 0.25) is 0 Å². The average Bonchev–Trinajstić information content (AvgIpc) is 4.13. The minimum Gasteiger partial charge on any atom is 1.00 e. The molecule has 4 atom stereocenters. The number of carbonyl (C=O) groups excluding carboxylic acids is 4. The van der Waals surface area contributed by atoms with Crippen LogP contribution in [-0.4, -0.2) is 108 Å². The summed E-state index contributed by atoms with van der Waals surface area (Å²) in [6.07, 6.45) is 11.7. The maximum Gasteiger partial charge on any atom is 1.00 e. The Balaban J connectivity index is 0.00000112. The molecule has 421 valence electrons. The van der Waals surface area contributed by atoms with Crippen LogP contribution in [0.15, 0.2) is 110 Å². The molecule has 2 aliphatic rings. The van der Waals surface area contributed by atoms with E-state index < -0.39 is 11.9 Å². The zero-order valence-corrected chi connectivity index (χ0v) is 50.7. The number of hydrogen-bond acceptors (Lipinski definition) is 14. The molecule has 2 unspecified atom stereocenters. The Hall–Kier alpha value is -5.74. The number of ether oxygens (including phenoxy) is 1. The molecular formula is C57H69BCl4N10NaO7. The smallest absolute Gasteiger partial charge is 1.00 e. The molecule has 0 bridgehead atoms. The number of benzene rings is 4. The third-order valence-corrected chi connectivity index (χ3v) is 13.1. The van der Waals surface area contributed by atoms with E-state index in [1.807, 2.05) is 91.5 Å². The first kappa shape index (κ1) is 74.3. The van der Waals surface area contributed by atoms with Crippen LogP contribution in [0.2, 0.25) is 20.1 Å². The second kappa shape index (κ2) is 39.6. The van der Waals surface area contributed by atoms with Crippen LogP contribution in [0.1, 0.15) is 114 Å². The van der Waals surface area contributed by atoms with E-state index in [-0.39, 0.29) is 60.6 Å². The van der Waals surface area contributed by atoms with E-state index in [4.69, 9.17) is 61.2 Å². The molecule has 3 N–H and O–H groups in total. The largest absolute Gasteiger partial charge is 1.00 e. The van der Waals surface area contributed by atoms with Gasteiger partial charge in [0, 0.05) is 113 Å². The van der Waals surface area contributed by atoms with Crippen LogP contribution in [0.5, 0.6) is 0 Å². The molecule has 80 heavy (non-hydrogen) atoms. The number of nitrogens with zero attached hydrogens (tertiary/aromatic N) is 9. The van der Waals surface area contributed by atoms with E-state index in [0.29, 0.717) is 27.2 Å². The van der Waals surface area contributed by atoms with E-state index in [1.165, 1.54) is 38.2 Å². The molecule has 1 radical (unpaired) electrons. The molecule has 6 aromatic rings. The van der Waals surface area contributed by atoms with Crippen LogP contribution in [0, 0.1) is 22.7 Å². The Labute approximate surface area is 514 Å². The molecule has 2 aromatic heterocycles. The summed E-state index contributed by atoms with van der Waals surface area (Å²) in [4.78, 5) is 54.5. The number of nitriles is 2. The number of halogens is 4. The third-order valence-electron chi connectivity index (χ3n) is 12.0. The topological polar surface area (TPSA) is 231 Å². The maximum absolute atomic E-state index is 10.4. The van der Waals surface area contributed by atoms with Crippen molar-refractivity contribution < 1.29 is 63.7 Å². The van der Waals surface area contributed by atoms with Crippen LogP contribution in [0.25, 0.3) is 0 Å². The quantitative estimate of drug-likeness (QED) is 0.0436. The third kappa shape index (κ3) is 23.0. The fourth-order valence-electron chi connectivity index (χ4n) is 8.60. The summed E-state index contributed by atoms with van der Waals surface area (Å²) in [6.45, 7) is 18.2. The van der Waals surface area contributed by atoms with E-state index >= 15 is 0 Å².